The van der Waals surface area contributed by atoms with Gasteiger partial charge in [0, 0.05) is 0 Å². The average molecular weight is 496 g/mol. The van der Waals surface area contributed by atoms with Gasteiger partial charge in [0.25, 0.3) is 0 Å². The van der Waals surface area contributed by atoms with Crippen LogP contribution in [-0.2, 0) is 24.7 Å². The van der Waals surface area contributed by atoms with Crippen molar-refractivity contribution < 1.29 is 75.7 Å². The molecule has 0 heterocycles. The van der Waals surface area contributed by atoms with Crippen molar-refractivity contribution in [3.63, 3.8) is 0 Å². The van der Waals surface area contributed by atoms with E-state index in [1.54, 1.807) is 24.7 Å². The molecular formula is C13H9Br3Zr. The molecule has 17 heavy (non-hydrogen) atoms. The van der Waals surface area contributed by atoms with E-state index in [-0.39, 0.29) is 50.9 Å². The van der Waals surface area contributed by atoms with Gasteiger partial charge in [0.05, 0.1) is 0 Å². The molecule has 0 bridgehead atoms. The first-order valence-corrected chi connectivity index (χ1v) is 6.19. The van der Waals surface area contributed by atoms with Crippen LogP contribution in [0.5, 0.6) is 0 Å². The van der Waals surface area contributed by atoms with Crippen molar-refractivity contribution in [1.82, 2.24) is 0 Å². The Kier molecular flexibility index (Phi) is 7.71. The molecule has 3 rings (SSSR count). The molecule has 0 fully saturated rings. The third kappa shape index (κ3) is 3.02. The molecule has 0 N–H and O–H groups in total. The van der Waals surface area contributed by atoms with Crippen LogP contribution < -0.4 is 50.9 Å². The standard InChI is InChI=1S/C13H9.3BrH.Zr/c1-3-7-12-10(5-1)9-11-6-2-4-8-13(11)12;;;;/h1-9H;3*1H;/q;;;;+3/p-3. The molecule has 0 unspecified atom stereocenters. The zero-order chi connectivity index (χ0) is 9.54. The second-order valence-electron chi connectivity index (χ2n) is 3.61. The molecule has 0 nitrogen and oxygen atoms in total. The predicted molar refractivity (Wildman–Crippen MR) is 53.7 cm³/mol. The van der Waals surface area contributed by atoms with E-state index < -0.39 is 0 Å². The molecule has 1 aliphatic carbocycles. The Morgan fingerprint density at radius 2 is 1.00 bits per heavy atom. The molecule has 1 aliphatic rings. The number of hydrogen-bond donors (Lipinski definition) is 0. The van der Waals surface area contributed by atoms with Crippen LogP contribution >= 0.6 is 0 Å². The maximum absolute atomic E-state index is 2.26. The molecule has 2 aromatic rings. The summed E-state index contributed by atoms with van der Waals surface area (Å²) in [7, 11) is 0. The summed E-state index contributed by atoms with van der Waals surface area (Å²) in [5.41, 5.74) is 5.88. The van der Waals surface area contributed by atoms with Crippen LogP contribution in [0.2, 0.25) is 0 Å². The van der Waals surface area contributed by atoms with Crippen LogP contribution in [0.25, 0.3) is 11.1 Å². The molecular weight excluding hydrogens is 487 g/mol. The zero-order valence-electron chi connectivity index (χ0n) is 8.83. The van der Waals surface area contributed by atoms with Gasteiger partial charge < -0.3 is 50.9 Å². The Bertz CT molecular complexity index is 454. The zero-order valence-corrected chi connectivity index (χ0v) is 16.0. The fraction of sp³-hybridized carbons (Fsp3) is 0.0769. The average Bonchev–Trinajstić information content (AvgIpc) is 2.55. The van der Waals surface area contributed by atoms with E-state index >= 15 is 0 Å². The van der Waals surface area contributed by atoms with Crippen LogP contribution in [0.1, 0.15) is 14.8 Å². The normalized spacial score (nSPS) is 11.4. The summed E-state index contributed by atoms with van der Waals surface area (Å²) < 4.78 is 0.648. The van der Waals surface area contributed by atoms with Crippen LogP contribution in [-0.4, -0.2) is 0 Å². The molecule has 2 aromatic carbocycles. The van der Waals surface area contributed by atoms with Gasteiger partial charge in [-0.3, -0.25) is 0 Å². The molecule has 0 atom stereocenters. The summed E-state index contributed by atoms with van der Waals surface area (Å²) in [5.74, 6) is 0. The van der Waals surface area contributed by atoms with Crippen molar-refractivity contribution in [3.05, 3.63) is 59.7 Å². The molecule has 0 spiro atoms. The van der Waals surface area contributed by atoms with Gasteiger partial charge in [0.1, 0.15) is 0 Å². The fourth-order valence-corrected chi connectivity index (χ4v) is 3.39. The molecule has 0 aliphatic heterocycles. The molecule has 0 saturated carbocycles. The molecule has 0 radical (unpaired) electrons. The molecule has 0 aromatic heterocycles. The van der Waals surface area contributed by atoms with E-state index in [2.05, 4.69) is 48.5 Å². The van der Waals surface area contributed by atoms with Crippen LogP contribution in [0.3, 0.4) is 0 Å². The molecule has 86 valence electrons. The first kappa shape index (κ1) is 17.8. The Hall–Kier alpha value is 0.763. The minimum absolute atomic E-state index is 0. The van der Waals surface area contributed by atoms with Crippen molar-refractivity contribution in [2.75, 3.05) is 0 Å². The Morgan fingerprint density at radius 1 is 0.647 bits per heavy atom. The van der Waals surface area contributed by atoms with E-state index in [0.717, 1.165) is 0 Å². The Labute approximate surface area is 148 Å². The van der Waals surface area contributed by atoms with Gasteiger partial charge in [-0.1, -0.05) is 0 Å². The van der Waals surface area contributed by atoms with Crippen molar-refractivity contribution in [1.29, 1.82) is 0 Å². The summed E-state index contributed by atoms with van der Waals surface area (Å²) in [6, 6.07) is 17.5. The second-order valence-corrected chi connectivity index (χ2v) is 5.03. The van der Waals surface area contributed by atoms with Crippen molar-refractivity contribution in [3.8, 4) is 11.1 Å². The van der Waals surface area contributed by atoms with Gasteiger partial charge >= 0.3 is 99.1 Å². The van der Waals surface area contributed by atoms with Crippen molar-refractivity contribution >= 4 is 0 Å². The van der Waals surface area contributed by atoms with Gasteiger partial charge in [0.15, 0.2) is 0 Å². The summed E-state index contributed by atoms with van der Waals surface area (Å²) in [6.07, 6.45) is 0. The predicted octanol–water partition coefficient (Wildman–Crippen LogP) is -5.68. The summed E-state index contributed by atoms with van der Waals surface area (Å²) in [6.45, 7) is 0. The molecule has 0 amide bonds. The maximum atomic E-state index is 2.26. The first-order valence-electron chi connectivity index (χ1n) is 4.77. The van der Waals surface area contributed by atoms with Crippen LogP contribution in [0.15, 0.2) is 48.5 Å². The first-order chi connectivity index (χ1) is 6.88. The van der Waals surface area contributed by atoms with Gasteiger partial charge in [-0.2, -0.15) is 0 Å². The number of hydrogen-bond acceptors (Lipinski definition) is 0. The summed E-state index contributed by atoms with van der Waals surface area (Å²) in [5, 5.41) is 0. The number of halogens is 3. The third-order valence-corrected chi connectivity index (χ3v) is 4.36. The quantitative estimate of drug-likeness (QED) is 0.342. The van der Waals surface area contributed by atoms with Crippen LogP contribution in [0.4, 0.5) is 0 Å². The number of benzene rings is 2. The van der Waals surface area contributed by atoms with Gasteiger partial charge in [-0.15, -0.1) is 0 Å². The van der Waals surface area contributed by atoms with Crippen molar-refractivity contribution in [2.45, 2.75) is 3.63 Å². The summed E-state index contributed by atoms with van der Waals surface area (Å²) in [4.78, 5) is 0. The number of rotatable bonds is 0. The molecule has 4 heteroatoms. The minimum atomic E-state index is 0. The SMILES string of the molecule is [Br-].[Br-].[Br-].[Zr+3][CH]1c2ccccc2-c2ccccc21. The van der Waals surface area contributed by atoms with E-state index in [4.69, 9.17) is 0 Å². The summed E-state index contributed by atoms with van der Waals surface area (Å²) >= 11 is 1.58. The third-order valence-electron chi connectivity index (χ3n) is 2.83. The van der Waals surface area contributed by atoms with Gasteiger partial charge in [-0.25, -0.2) is 0 Å². The van der Waals surface area contributed by atoms with Gasteiger partial charge in [-0.05, 0) is 0 Å². The molecule has 0 saturated heterocycles. The monoisotopic (exact) mass is 492 g/mol. The van der Waals surface area contributed by atoms with E-state index in [1.807, 2.05) is 0 Å². The number of fused-ring (bicyclic) bond motifs is 3. The van der Waals surface area contributed by atoms with Gasteiger partial charge in [0.2, 0.25) is 0 Å². The fourth-order valence-electron chi connectivity index (χ4n) is 2.16. The Morgan fingerprint density at radius 3 is 1.41 bits per heavy atom. The Balaban J connectivity index is 0.000000853. The van der Waals surface area contributed by atoms with E-state index in [0.29, 0.717) is 3.63 Å². The van der Waals surface area contributed by atoms with Crippen LogP contribution in [0, 0.1) is 0 Å². The van der Waals surface area contributed by atoms with E-state index in [1.165, 1.54) is 22.3 Å². The second kappa shape index (κ2) is 7.38. The van der Waals surface area contributed by atoms with E-state index in [9.17, 15) is 0 Å². The topological polar surface area (TPSA) is 0 Å². The van der Waals surface area contributed by atoms with Crippen molar-refractivity contribution in [2.24, 2.45) is 0 Å².